The molecule has 0 atom stereocenters. The maximum Gasteiger partial charge on any atom is 0.339 e. The van der Waals surface area contributed by atoms with E-state index in [0.29, 0.717) is 11.1 Å². The summed E-state index contributed by atoms with van der Waals surface area (Å²) in [7, 11) is -3.88. The first-order valence-electron chi connectivity index (χ1n) is 5.73. The van der Waals surface area contributed by atoms with Crippen LogP contribution in [0.5, 0.6) is 0 Å². The van der Waals surface area contributed by atoms with Gasteiger partial charge in [-0.25, -0.2) is 18.7 Å². The highest BCUT2D eigenvalue weighted by atomic mass is 32.2. The van der Waals surface area contributed by atoms with Crippen LogP contribution in [0.1, 0.15) is 17.3 Å². The third-order valence-electron chi connectivity index (χ3n) is 2.65. The van der Waals surface area contributed by atoms with Crippen LogP contribution in [0.2, 0.25) is 0 Å². The molecule has 0 radical (unpaired) electrons. The monoisotopic (exact) mass is 296 g/mol. The minimum absolute atomic E-state index is 0.0631. The molecule has 20 heavy (non-hydrogen) atoms. The van der Waals surface area contributed by atoms with Crippen LogP contribution < -0.4 is 0 Å². The van der Waals surface area contributed by atoms with Crippen LogP contribution in [0.25, 0.3) is 11.1 Å². The molecule has 0 aromatic rings. The van der Waals surface area contributed by atoms with Gasteiger partial charge in [0.25, 0.3) is 0 Å². The fourth-order valence-corrected chi connectivity index (χ4v) is 3.21. The number of carbonyl (C=O) groups excluding carboxylic acids is 1. The number of esters is 1. The average molecular weight is 296 g/mol. The second-order valence-corrected chi connectivity index (χ2v) is 5.83. The highest BCUT2D eigenvalue weighted by Gasteiger charge is 2.30. The molecule has 2 aliphatic rings. The SMILES string of the molecule is CCOC(=O)c1cc2coccc-2c1S(=O)(=O)CN=N. The number of nitrogens with zero attached hydrogens (tertiary/aromatic N) is 1. The molecule has 0 spiro atoms. The van der Waals surface area contributed by atoms with Gasteiger partial charge >= 0.3 is 5.97 Å². The van der Waals surface area contributed by atoms with Gasteiger partial charge in [-0.2, -0.15) is 5.11 Å². The minimum Gasteiger partial charge on any atom is -0.472 e. The largest absolute Gasteiger partial charge is 0.472 e. The lowest BCUT2D eigenvalue weighted by Crippen LogP contribution is -2.12. The molecular weight excluding hydrogens is 284 g/mol. The zero-order valence-corrected chi connectivity index (χ0v) is 11.4. The van der Waals surface area contributed by atoms with Crippen LogP contribution >= 0.6 is 0 Å². The van der Waals surface area contributed by atoms with Gasteiger partial charge in [-0.15, -0.1) is 0 Å². The molecule has 0 unspecified atom stereocenters. The Labute approximate surface area is 115 Å². The van der Waals surface area contributed by atoms with Crippen molar-refractivity contribution in [3.63, 3.8) is 0 Å². The highest BCUT2D eigenvalue weighted by molar-refractivity contribution is 7.91. The third-order valence-corrected chi connectivity index (χ3v) is 4.18. The molecular formula is C12H12N2O5S. The van der Waals surface area contributed by atoms with E-state index in [1.165, 1.54) is 24.7 Å². The van der Waals surface area contributed by atoms with Crippen LogP contribution in [0.15, 0.2) is 39.1 Å². The smallest absolute Gasteiger partial charge is 0.339 e. The first-order valence-corrected chi connectivity index (χ1v) is 7.38. The van der Waals surface area contributed by atoms with E-state index in [1.54, 1.807) is 6.92 Å². The normalized spacial score (nSPS) is 11.4. The molecule has 0 amide bonds. The molecule has 0 saturated heterocycles. The maximum atomic E-state index is 12.2. The molecule has 7 nitrogen and oxygen atoms in total. The van der Waals surface area contributed by atoms with Crippen molar-refractivity contribution in [3.8, 4) is 11.1 Å². The first kappa shape index (κ1) is 14.2. The number of ether oxygens (including phenoxy) is 1. The molecule has 1 aliphatic heterocycles. The number of sulfone groups is 1. The Morgan fingerprint density at radius 1 is 1.50 bits per heavy atom. The first-order chi connectivity index (χ1) is 9.51. The van der Waals surface area contributed by atoms with Gasteiger partial charge in [-0.1, -0.05) is 0 Å². The molecule has 1 heterocycles. The summed E-state index contributed by atoms with van der Waals surface area (Å²) >= 11 is 0. The lowest BCUT2D eigenvalue weighted by Gasteiger charge is -2.06. The van der Waals surface area contributed by atoms with Crippen molar-refractivity contribution < 1.29 is 22.4 Å². The number of rotatable bonds is 5. The topological polar surface area (TPSA) is 110 Å². The summed E-state index contributed by atoms with van der Waals surface area (Å²) in [5, 5.41) is 2.90. The van der Waals surface area contributed by atoms with E-state index in [9.17, 15) is 13.2 Å². The van der Waals surface area contributed by atoms with Crippen molar-refractivity contribution in [2.45, 2.75) is 11.8 Å². The van der Waals surface area contributed by atoms with E-state index < -0.39 is 21.7 Å². The number of hydrogen-bond donors (Lipinski definition) is 1. The van der Waals surface area contributed by atoms with Crippen molar-refractivity contribution in [2.75, 3.05) is 12.5 Å². The standard InChI is InChI=1S/C12H12N2O5S/c1-2-19-12(15)10-5-8-6-18-4-3-9(8)11(10)20(16,17)7-14-13/h3-6,13H,2,7H2,1H3. The molecule has 0 bridgehead atoms. The number of hydrogen-bond acceptors (Lipinski definition) is 7. The van der Waals surface area contributed by atoms with E-state index in [4.69, 9.17) is 14.7 Å². The quantitative estimate of drug-likeness (QED) is 0.672. The molecule has 0 fully saturated rings. The molecule has 2 rings (SSSR count). The van der Waals surface area contributed by atoms with Crippen LogP contribution in [-0.4, -0.2) is 26.9 Å². The van der Waals surface area contributed by atoms with E-state index >= 15 is 0 Å². The Kier molecular flexibility index (Phi) is 3.84. The van der Waals surface area contributed by atoms with Crippen molar-refractivity contribution in [3.05, 3.63) is 30.2 Å². The molecule has 8 heteroatoms. The minimum atomic E-state index is -3.88. The third kappa shape index (κ3) is 2.42. The average Bonchev–Trinajstić information content (AvgIpc) is 2.79. The highest BCUT2D eigenvalue weighted by Crippen LogP contribution is 2.36. The lowest BCUT2D eigenvalue weighted by atomic mass is 10.2. The van der Waals surface area contributed by atoms with Crippen LogP contribution in [0, 0.1) is 5.53 Å². The summed E-state index contributed by atoms with van der Waals surface area (Å²) < 4.78 is 34.2. The number of nitrogens with one attached hydrogen (secondary N) is 1. The van der Waals surface area contributed by atoms with Gasteiger partial charge in [0.05, 0.1) is 29.6 Å². The summed E-state index contributed by atoms with van der Waals surface area (Å²) in [5.41, 5.74) is 7.50. The Morgan fingerprint density at radius 2 is 2.25 bits per heavy atom. The molecule has 0 saturated carbocycles. The van der Waals surface area contributed by atoms with E-state index in [-0.39, 0.29) is 17.1 Å². The van der Waals surface area contributed by atoms with Gasteiger partial charge in [0, 0.05) is 11.1 Å². The van der Waals surface area contributed by atoms with Gasteiger partial charge in [0.1, 0.15) is 0 Å². The summed E-state index contributed by atoms with van der Waals surface area (Å²) in [6, 6.07) is 2.85. The van der Waals surface area contributed by atoms with Crippen molar-refractivity contribution in [1.82, 2.24) is 0 Å². The lowest BCUT2D eigenvalue weighted by molar-refractivity contribution is 0.0522. The van der Waals surface area contributed by atoms with Crippen molar-refractivity contribution in [2.24, 2.45) is 5.11 Å². The summed E-state index contributed by atoms with van der Waals surface area (Å²) in [6.45, 7) is 1.76. The second kappa shape index (κ2) is 5.41. The van der Waals surface area contributed by atoms with Gasteiger partial charge in [0.2, 0.25) is 9.84 Å². The van der Waals surface area contributed by atoms with Crippen molar-refractivity contribution >= 4 is 15.8 Å². The molecule has 1 N–H and O–H groups in total. The van der Waals surface area contributed by atoms with E-state index in [0.717, 1.165) is 0 Å². The second-order valence-electron chi connectivity index (χ2n) is 3.94. The Morgan fingerprint density at radius 3 is 2.90 bits per heavy atom. The van der Waals surface area contributed by atoms with Gasteiger partial charge in [-0.3, -0.25) is 0 Å². The summed E-state index contributed by atoms with van der Waals surface area (Å²) in [4.78, 5) is 11.7. The van der Waals surface area contributed by atoms with Crippen LogP contribution in [-0.2, 0) is 14.6 Å². The number of carbonyl (C=O) groups is 1. The molecule has 0 aromatic carbocycles. The Balaban J connectivity index is 2.70. The fraction of sp³-hybridized carbons (Fsp3) is 0.250. The Hall–Kier alpha value is -2.22. The predicted molar refractivity (Wildman–Crippen MR) is 68.5 cm³/mol. The summed E-state index contributed by atoms with van der Waals surface area (Å²) in [5.74, 6) is -1.45. The molecule has 106 valence electrons. The fourth-order valence-electron chi connectivity index (χ4n) is 1.91. The van der Waals surface area contributed by atoms with E-state index in [1.807, 2.05) is 0 Å². The molecule has 0 aromatic heterocycles. The van der Waals surface area contributed by atoms with Crippen LogP contribution in [0.3, 0.4) is 0 Å². The maximum absolute atomic E-state index is 12.2. The van der Waals surface area contributed by atoms with Crippen LogP contribution in [0.4, 0.5) is 0 Å². The predicted octanol–water partition coefficient (Wildman–Crippen LogP) is 2.32. The Bertz CT molecular complexity index is 719. The molecule has 1 aliphatic carbocycles. The van der Waals surface area contributed by atoms with Gasteiger partial charge in [0.15, 0.2) is 5.88 Å². The van der Waals surface area contributed by atoms with Gasteiger partial charge in [-0.05, 0) is 19.1 Å². The van der Waals surface area contributed by atoms with Crippen molar-refractivity contribution in [1.29, 1.82) is 5.53 Å². The number of fused-ring (bicyclic) bond motifs is 1. The zero-order valence-electron chi connectivity index (χ0n) is 10.6. The summed E-state index contributed by atoms with van der Waals surface area (Å²) in [6.07, 6.45) is 2.66. The van der Waals surface area contributed by atoms with E-state index in [2.05, 4.69) is 5.11 Å². The zero-order chi connectivity index (χ0) is 14.8. The van der Waals surface area contributed by atoms with Gasteiger partial charge < -0.3 is 9.15 Å².